The summed E-state index contributed by atoms with van der Waals surface area (Å²) in [6.45, 7) is 0. The maximum Gasteiger partial charge on any atom is 0.326 e. The summed E-state index contributed by atoms with van der Waals surface area (Å²) in [6, 6.07) is -4.37. The normalized spacial score (nSPS) is 14.7. The molecule has 4 unspecified atom stereocenters. The number of hydrogen-bond donors (Lipinski definition) is 8. The van der Waals surface area contributed by atoms with E-state index in [1.165, 1.54) is 11.8 Å². The molecule has 14 heteroatoms. The van der Waals surface area contributed by atoms with E-state index in [1.807, 2.05) is 6.26 Å². The van der Waals surface area contributed by atoms with Gasteiger partial charge in [-0.25, -0.2) is 4.79 Å². The van der Waals surface area contributed by atoms with E-state index in [9.17, 15) is 29.1 Å². The fourth-order valence-corrected chi connectivity index (χ4v) is 3.04. The summed E-state index contributed by atoms with van der Waals surface area (Å²) in [5.74, 6) is -3.53. The van der Waals surface area contributed by atoms with E-state index in [1.54, 1.807) is 0 Å². The van der Waals surface area contributed by atoms with Crippen molar-refractivity contribution >= 4 is 66.6 Å². The van der Waals surface area contributed by atoms with Crippen LogP contribution in [0.1, 0.15) is 19.3 Å². The molecule has 4 amide bonds. The van der Waals surface area contributed by atoms with Crippen molar-refractivity contribution in [3.05, 3.63) is 0 Å². The number of nitrogens with one attached hydrogen (secondary N) is 3. The van der Waals surface area contributed by atoms with Gasteiger partial charge in [0.1, 0.15) is 18.1 Å². The molecule has 0 aliphatic carbocycles. The van der Waals surface area contributed by atoms with Crippen molar-refractivity contribution in [1.29, 1.82) is 0 Å². The van der Waals surface area contributed by atoms with Crippen LogP contribution in [0.3, 0.4) is 0 Å². The third-order valence-corrected chi connectivity index (χ3v) is 5.29. The lowest BCUT2D eigenvalue weighted by molar-refractivity contribution is -0.142. The molecule has 0 aliphatic heterocycles. The third-order valence-electron chi connectivity index (χ3n) is 3.89. The van der Waals surface area contributed by atoms with Crippen molar-refractivity contribution in [3.63, 3.8) is 0 Å². The number of carboxylic acid groups (broad SMARTS) is 1. The number of thioether (sulfide) groups is 1. The Morgan fingerprint density at radius 1 is 0.900 bits per heavy atom. The van der Waals surface area contributed by atoms with Crippen LogP contribution in [0.5, 0.6) is 0 Å². The summed E-state index contributed by atoms with van der Waals surface area (Å²) in [6.07, 6.45) is 1.69. The number of primary amides is 1. The lowest BCUT2D eigenvalue weighted by Gasteiger charge is -2.24. The minimum atomic E-state index is -1.36. The number of carbonyl (C=O) groups is 5. The number of rotatable bonds is 15. The molecule has 11 nitrogen and oxygen atoms in total. The molecule has 0 fully saturated rings. The molecule has 0 aromatic heterocycles. The molecule has 0 heterocycles. The molecular weight excluding hydrogens is 454 g/mol. The standard InChI is InChI=1S/C16H29N5O6S3/c1-30-5-4-9(19-13(23)8(17)6-28)14(24)21-11(7-29)15(25)20-10(16(26)27)2-3-12(18)22/h8-11,28-29H,2-7,17H2,1H3,(H2,18,22)(H,19,23)(H,20,25)(H,21,24)(H,26,27). The van der Waals surface area contributed by atoms with Gasteiger partial charge < -0.3 is 32.5 Å². The summed E-state index contributed by atoms with van der Waals surface area (Å²) < 4.78 is 0. The summed E-state index contributed by atoms with van der Waals surface area (Å²) in [5, 5.41) is 16.4. The smallest absolute Gasteiger partial charge is 0.326 e. The largest absolute Gasteiger partial charge is 0.480 e. The zero-order valence-electron chi connectivity index (χ0n) is 16.5. The summed E-state index contributed by atoms with van der Waals surface area (Å²) in [7, 11) is 0. The maximum atomic E-state index is 12.6. The van der Waals surface area contributed by atoms with Crippen LogP contribution in [0.15, 0.2) is 0 Å². The molecule has 0 rings (SSSR count). The van der Waals surface area contributed by atoms with Gasteiger partial charge in [-0.2, -0.15) is 37.0 Å². The number of carbonyl (C=O) groups excluding carboxylic acids is 4. The first-order valence-corrected chi connectivity index (χ1v) is 11.6. The van der Waals surface area contributed by atoms with Gasteiger partial charge in [0.25, 0.3) is 0 Å². The molecule has 172 valence electrons. The Hall–Kier alpha value is -1.64. The van der Waals surface area contributed by atoms with E-state index in [-0.39, 0.29) is 30.8 Å². The molecule has 0 radical (unpaired) electrons. The molecule has 0 aromatic rings. The van der Waals surface area contributed by atoms with Crippen LogP contribution in [0.25, 0.3) is 0 Å². The van der Waals surface area contributed by atoms with Crippen LogP contribution in [0.4, 0.5) is 0 Å². The van der Waals surface area contributed by atoms with Crippen LogP contribution in [-0.4, -0.2) is 82.4 Å². The molecule has 0 bridgehead atoms. The predicted molar refractivity (Wildman–Crippen MR) is 121 cm³/mol. The number of amides is 4. The SMILES string of the molecule is CSCCC(NC(=O)C(N)CS)C(=O)NC(CS)C(=O)NC(CCC(N)=O)C(=O)O. The number of nitrogens with two attached hydrogens (primary N) is 2. The van der Waals surface area contributed by atoms with Crippen molar-refractivity contribution in [2.75, 3.05) is 23.5 Å². The van der Waals surface area contributed by atoms with Crippen molar-refractivity contribution < 1.29 is 29.1 Å². The zero-order chi connectivity index (χ0) is 23.3. The first-order valence-electron chi connectivity index (χ1n) is 8.95. The molecule has 30 heavy (non-hydrogen) atoms. The van der Waals surface area contributed by atoms with Crippen molar-refractivity contribution in [1.82, 2.24) is 16.0 Å². The molecular formula is C16H29N5O6S3. The average Bonchev–Trinajstić information content (AvgIpc) is 2.70. The predicted octanol–water partition coefficient (Wildman–Crippen LogP) is -2.27. The van der Waals surface area contributed by atoms with Crippen LogP contribution < -0.4 is 27.4 Å². The Kier molecular flexibility index (Phi) is 14.4. The zero-order valence-corrected chi connectivity index (χ0v) is 19.1. The Bertz CT molecular complexity index is 624. The van der Waals surface area contributed by atoms with Crippen molar-refractivity contribution in [3.8, 4) is 0 Å². The van der Waals surface area contributed by atoms with Gasteiger partial charge in [-0.3, -0.25) is 19.2 Å². The van der Waals surface area contributed by atoms with E-state index >= 15 is 0 Å². The Labute approximate surface area is 190 Å². The molecule has 0 aliphatic rings. The van der Waals surface area contributed by atoms with Gasteiger partial charge >= 0.3 is 5.97 Å². The van der Waals surface area contributed by atoms with Gasteiger partial charge in [0, 0.05) is 17.9 Å². The van der Waals surface area contributed by atoms with E-state index in [0.29, 0.717) is 5.75 Å². The first-order chi connectivity index (χ1) is 14.1. The van der Waals surface area contributed by atoms with Crippen LogP contribution >= 0.6 is 37.0 Å². The van der Waals surface area contributed by atoms with E-state index in [0.717, 1.165) is 0 Å². The average molecular weight is 484 g/mol. The van der Waals surface area contributed by atoms with Crippen molar-refractivity contribution in [2.24, 2.45) is 11.5 Å². The second kappa shape index (κ2) is 15.2. The highest BCUT2D eigenvalue weighted by molar-refractivity contribution is 7.98. The fourth-order valence-electron chi connectivity index (χ4n) is 2.15. The lowest BCUT2D eigenvalue weighted by atomic mass is 10.1. The van der Waals surface area contributed by atoms with Gasteiger partial charge in [0.05, 0.1) is 6.04 Å². The fraction of sp³-hybridized carbons (Fsp3) is 0.688. The second-order valence-corrected chi connectivity index (χ2v) is 8.00. The second-order valence-electron chi connectivity index (χ2n) is 6.28. The summed E-state index contributed by atoms with van der Waals surface area (Å²) in [5.41, 5.74) is 10.6. The van der Waals surface area contributed by atoms with E-state index < -0.39 is 53.8 Å². The maximum absolute atomic E-state index is 12.6. The number of hydrogen-bond acceptors (Lipinski definition) is 9. The van der Waals surface area contributed by atoms with Gasteiger partial charge in [0.15, 0.2) is 0 Å². The first kappa shape index (κ1) is 28.4. The molecule has 8 N–H and O–H groups in total. The molecule has 0 aromatic carbocycles. The highest BCUT2D eigenvalue weighted by atomic mass is 32.2. The third kappa shape index (κ3) is 10.9. The number of carboxylic acids is 1. The van der Waals surface area contributed by atoms with Gasteiger partial charge in [-0.15, -0.1) is 0 Å². The Balaban J connectivity index is 5.13. The molecule has 0 saturated heterocycles. The minimum absolute atomic E-state index is 0.0895. The molecule has 4 atom stereocenters. The highest BCUT2D eigenvalue weighted by Gasteiger charge is 2.29. The van der Waals surface area contributed by atoms with E-state index in [4.69, 9.17) is 11.5 Å². The van der Waals surface area contributed by atoms with Crippen LogP contribution in [0.2, 0.25) is 0 Å². The quantitative estimate of drug-likeness (QED) is 0.119. The Morgan fingerprint density at radius 2 is 1.43 bits per heavy atom. The van der Waals surface area contributed by atoms with Gasteiger partial charge in [-0.1, -0.05) is 0 Å². The molecule has 0 saturated carbocycles. The van der Waals surface area contributed by atoms with Crippen LogP contribution in [0, 0.1) is 0 Å². The lowest BCUT2D eigenvalue weighted by Crippen LogP contribution is -2.58. The monoisotopic (exact) mass is 483 g/mol. The summed E-state index contributed by atoms with van der Waals surface area (Å²) in [4.78, 5) is 59.2. The van der Waals surface area contributed by atoms with E-state index in [2.05, 4.69) is 41.2 Å². The van der Waals surface area contributed by atoms with Gasteiger partial charge in [0.2, 0.25) is 23.6 Å². The number of aliphatic carboxylic acids is 1. The van der Waals surface area contributed by atoms with Gasteiger partial charge in [-0.05, 0) is 24.9 Å². The topological polar surface area (TPSA) is 194 Å². The minimum Gasteiger partial charge on any atom is -0.480 e. The summed E-state index contributed by atoms with van der Waals surface area (Å²) >= 11 is 9.44. The Morgan fingerprint density at radius 3 is 1.90 bits per heavy atom. The highest BCUT2D eigenvalue weighted by Crippen LogP contribution is 2.04. The van der Waals surface area contributed by atoms with Crippen molar-refractivity contribution in [2.45, 2.75) is 43.4 Å². The molecule has 0 spiro atoms. The van der Waals surface area contributed by atoms with Crippen LogP contribution in [-0.2, 0) is 24.0 Å². The number of thiol groups is 2.